The molecule has 0 saturated carbocycles. The van der Waals surface area contributed by atoms with Gasteiger partial charge in [-0.2, -0.15) is 0 Å². The Morgan fingerprint density at radius 2 is 2.04 bits per heavy atom. The highest BCUT2D eigenvalue weighted by atomic mass is 35.5. The van der Waals surface area contributed by atoms with Crippen molar-refractivity contribution >= 4 is 18.4 Å². The molecule has 1 atom stereocenters. The minimum Gasteiger partial charge on any atom is -0.507 e. The number of nitrogens with one attached hydrogen (secondary N) is 1. The number of esters is 1. The number of ether oxygens (including phenoxy) is 1. The molecule has 0 aliphatic carbocycles. The van der Waals surface area contributed by atoms with Crippen molar-refractivity contribution in [2.24, 2.45) is 0 Å². The zero-order valence-electron chi connectivity index (χ0n) is 13.3. The van der Waals surface area contributed by atoms with Crippen LogP contribution in [0.3, 0.4) is 0 Å². The van der Waals surface area contributed by atoms with Crippen LogP contribution in [-0.2, 0) is 4.74 Å². The lowest BCUT2D eigenvalue weighted by atomic mass is 10.0. The van der Waals surface area contributed by atoms with E-state index >= 15 is 0 Å². The van der Waals surface area contributed by atoms with Crippen LogP contribution in [0.5, 0.6) is 5.75 Å². The van der Waals surface area contributed by atoms with Crippen LogP contribution in [0, 0.1) is 11.6 Å². The van der Waals surface area contributed by atoms with Gasteiger partial charge in [0.15, 0.2) is 0 Å². The monoisotopic (exact) mass is 369 g/mol. The number of phenols is 1. The molecule has 0 amide bonds. The summed E-state index contributed by atoms with van der Waals surface area (Å²) in [5, 5.41) is 13.1. The highest BCUT2D eigenvalue weighted by Gasteiger charge is 2.19. The van der Waals surface area contributed by atoms with E-state index in [1.165, 1.54) is 24.3 Å². The van der Waals surface area contributed by atoms with Crippen molar-refractivity contribution in [3.8, 4) is 16.9 Å². The molecule has 1 heterocycles. The van der Waals surface area contributed by atoms with E-state index in [1.54, 1.807) is 0 Å². The molecule has 7 heteroatoms. The maximum atomic E-state index is 13.9. The lowest BCUT2D eigenvalue weighted by Gasteiger charge is -2.12. The molecule has 2 N–H and O–H groups in total. The van der Waals surface area contributed by atoms with Gasteiger partial charge in [0.1, 0.15) is 29.6 Å². The summed E-state index contributed by atoms with van der Waals surface area (Å²) < 4.78 is 32.1. The number of rotatable bonds is 4. The van der Waals surface area contributed by atoms with Crippen LogP contribution in [0.4, 0.5) is 8.78 Å². The smallest absolute Gasteiger partial charge is 0.341 e. The molecule has 25 heavy (non-hydrogen) atoms. The molecule has 1 fully saturated rings. The van der Waals surface area contributed by atoms with Crippen LogP contribution in [0.15, 0.2) is 36.4 Å². The molecule has 1 aliphatic heterocycles. The van der Waals surface area contributed by atoms with Gasteiger partial charge < -0.3 is 15.2 Å². The van der Waals surface area contributed by atoms with Gasteiger partial charge in [-0.15, -0.1) is 12.4 Å². The van der Waals surface area contributed by atoms with Crippen LogP contribution >= 0.6 is 12.4 Å². The lowest BCUT2D eigenvalue weighted by Crippen LogP contribution is -2.28. The van der Waals surface area contributed by atoms with Crippen molar-refractivity contribution in [2.75, 3.05) is 13.2 Å². The number of carbonyl (C=O) groups is 1. The highest BCUT2D eigenvalue weighted by Crippen LogP contribution is 2.28. The number of aromatic hydroxyl groups is 1. The Balaban J connectivity index is 0.00000225. The minimum atomic E-state index is -0.741. The van der Waals surface area contributed by atoms with E-state index in [-0.39, 0.29) is 41.9 Å². The predicted molar refractivity (Wildman–Crippen MR) is 92.0 cm³/mol. The molecule has 1 unspecified atom stereocenters. The van der Waals surface area contributed by atoms with Gasteiger partial charge in [-0.25, -0.2) is 13.6 Å². The Bertz CT molecular complexity index is 764. The fourth-order valence-electron chi connectivity index (χ4n) is 2.74. The van der Waals surface area contributed by atoms with Gasteiger partial charge in [0.05, 0.1) is 0 Å². The van der Waals surface area contributed by atoms with Crippen molar-refractivity contribution in [1.29, 1.82) is 0 Å². The molecule has 134 valence electrons. The molecule has 2 aromatic carbocycles. The Labute approximate surface area is 150 Å². The summed E-state index contributed by atoms with van der Waals surface area (Å²) in [6, 6.07) is 7.41. The van der Waals surface area contributed by atoms with Gasteiger partial charge in [0, 0.05) is 17.7 Å². The van der Waals surface area contributed by atoms with E-state index in [0.717, 1.165) is 31.5 Å². The molecule has 1 aliphatic rings. The number of halogens is 3. The first-order chi connectivity index (χ1) is 11.5. The maximum Gasteiger partial charge on any atom is 0.341 e. The molecular formula is C18H18ClF2NO3. The zero-order chi connectivity index (χ0) is 17.1. The summed E-state index contributed by atoms with van der Waals surface area (Å²) in [6.07, 6.45) is 1.97. The summed E-state index contributed by atoms with van der Waals surface area (Å²) in [4.78, 5) is 12.2. The Morgan fingerprint density at radius 1 is 1.24 bits per heavy atom. The third-order valence-corrected chi connectivity index (χ3v) is 4.04. The van der Waals surface area contributed by atoms with E-state index in [0.29, 0.717) is 5.56 Å². The summed E-state index contributed by atoms with van der Waals surface area (Å²) in [5.74, 6) is -2.34. The van der Waals surface area contributed by atoms with Gasteiger partial charge in [0.25, 0.3) is 0 Å². The molecule has 0 aromatic heterocycles. The third kappa shape index (κ3) is 4.46. The van der Waals surface area contributed by atoms with Gasteiger partial charge in [0.2, 0.25) is 0 Å². The largest absolute Gasteiger partial charge is 0.507 e. The zero-order valence-corrected chi connectivity index (χ0v) is 14.1. The second kappa shape index (κ2) is 8.27. The summed E-state index contributed by atoms with van der Waals surface area (Å²) in [7, 11) is 0. The Kier molecular flexibility index (Phi) is 6.33. The first kappa shape index (κ1) is 19.1. The van der Waals surface area contributed by atoms with E-state index in [4.69, 9.17) is 4.74 Å². The maximum absolute atomic E-state index is 13.9. The Morgan fingerprint density at radius 3 is 2.72 bits per heavy atom. The fraction of sp³-hybridized carbons (Fsp3) is 0.278. The van der Waals surface area contributed by atoms with Gasteiger partial charge in [-0.3, -0.25) is 0 Å². The number of hydrogen-bond acceptors (Lipinski definition) is 4. The van der Waals surface area contributed by atoms with E-state index < -0.39 is 17.6 Å². The second-order valence-electron chi connectivity index (χ2n) is 5.75. The quantitative estimate of drug-likeness (QED) is 0.807. The van der Waals surface area contributed by atoms with Crippen molar-refractivity contribution < 1.29 is 23.4 Å². The van der Waals surface area contributed by atoms with Crippen molar-refractivity contribution in [2.45, 2.75) is 18.9 Å². The Hall–Kier alpha value is -2.18. The average molecular weight is 370 g/mol. The predicted octanol–water partition coefficient (Wildman–Crippen LogP) is 3.67. The molecular weight excluding hydrogens is 352 g/mol. The normalized spacial score (nSPS) is 16.3. The molecule has 2 aromatic rings. The fourth-order valence-corrected chi connectivity index (χ4v) is 2.74. The summed E-state index contributed by atoms with van der Waals surface area (Å²) >= 11 is 0. The first-order valence-electron chi connectivity index (χ1n) is 7.73. The van der Waals surface area contributed by atoms with E-state index in [2.05, 4.69) is 5.32 Å². The van der Waals surface area contributed by atoms with Crippen LogP contribution in [0.25, 0.3) is 11.1 Å². The molecule has 0 radical (unpaired) electrons. The van der Waals surface area contributed by atoms with Crippen LogP contribution in [0.1, 0.15) is 23.2 Å². The molecule has 0 spiro atoms. The first-order valence-corrected chi connectivity index (χ1v) is 7.73. The van der Waals surface area contributed by atoms with Crippen LogP contribution in [-0.4, -0.2) is 30.3 Å². The number of carbonyl (C=O) groups excluding carboxylic acids is 1. The van der Waals surface area contributed by atoms with Crippen molar-refractivity contribution in [3.05, 3.63) is 53.6 Å². The van der Waals surface area contributed by atoms with Crippen LogP contribution < -0.4 is 5.32 Å². The molecule has 4 nitrogen and oxygen atoms in total. The summed E-state index contributed by atoms with van der Waals surface area (Å²) in [6.45, 7) is 1.11. The number of benzene rings is 2. The standard InChI is InChI=1S/C18H17F2NO3.ClH/c19-12-4-5-14(16(20)9-12)11-3-6-17(22)15(8-11)18(23)24-10-13-2-1-7-21-13;/h3-6,8-9,13,21-22H,1-2,7,10H2;1H. The second-order valence-corrected chi connectivity index (χ2v) is 5.75. The average Bonchev–Trinajstić information content (AvgIpc) is 3.07. The molecule has 0 bridgehead atoms. The van der Waals surface area contributed by atoms with Gasteiger partial charge in [-0.05, 0) is 49.2 Å². The van der Waals surface area contributed by atoms with Crippen molar-refractivity contribution in [3.63, 3.8) is 0 Å². The number of hydrogen-bond donors (Lipinski definition) is 2. The lowest BCUT2D eigenvalue weighted by molar-refractivity contribution is 0.0470. The van der Waals surface area contributed by atoms with Crippen molar-refractivity contribution in [1.82, 2.24) is 5.32 Å². The minimum absolute atomic E-state index is 0. The van der Waals surface area contributed by atoms with Gasteiger partial charge >= 0.3 is 5.97 Å². The van der Waals surface area contributed by atoms with E-state index in [1.807, 2.05) is 0 Å². The molecule has 1 saturated heterocycles. The molecule has 3 rings (SSSR count). The third-order valence-electron chi connectivity index (χ3n) is 4.04. The van der Waals surface area contributed by atoms with Crippen LogP contribution in [0.2, 0.25) is 0 Å². The van der Waals surface area contributed by atoms with Gasteiger partial charge in [-0.1, -0.05) is 6.07 Å². The highest BCUT2D eigenvalue weighted by molar-refractivity contribution is 5.94. The SMILES string of the molecule is Cl.O=C(OCC1CCCN1)c1cc(-c2ccc(F)cc2F)ccc1O. The van der Waals surface area contributed by atoms with E-state index in [9.17, 15) is 18.7 Å². The number of phenolic OH excluding ortho intramolecular Hbond substituents is 1. The topological polar surface area (TPSA) is 58.6 Å². The summed E-state index contributed by atoms with van der Waals surface area (Å²) in [5.41, 5.74) is 0.452.